The topological polar surface area (TPSA) is 124 Å². The molecule has 5 atom stereocenters. The first-order valence-corrected chi connectivity index (χ1v) is 10.3. The largest absolute Gasteiger partial charge is 0.463 e. The van der Waals surface area contributed by atoms with Crippen LogP contribution >= 0.6 is 0 Å². The Bertz CT molecular complexity index is 850. The van der Waals surface area contributed by atoms with E-state index in [-0.39, 0.29) is 13.2 Å². The zero-order valence-electron chi connectivity index (χ0n) is 18.9. The number of hydrogen-bond acceptors (Lipinski definition) is 10. The van der Waals surface area contributed by atoms with Crippen LogP contribution < -0.4 is 0 Å². The van der Waals surface area contributed by atoms with E-state index < -0.39 is 54.6 Å². The highest BCUT2D eigenvalue weighted by Gasteiger charge is 2.52. The lowest BCUT2D eigenvalue weighted by atomic mass is 9.98. The molecule has 0 aliphatic carbocycles. The van der Waals surface area contributed by atoms with E-state index in [0.717, 1.165) is 19.4 Å². The van der Waals surface area contributed by atoms with Crippen molar-refractivity contribution >= 4 is 30.0 Å². The van der Waals surface area contributed by atoms with Crippen molar-refractivity contribution in [3.63, 3.8) is 0 Å². The lowest BCUT2D eigenvalue weighted by Gasteiger charge is -2.43. The lowest BCUT2D eigenvalue weighted by Crippen LogP contribution is -2.62. The Morgan fingerprint density at radius 2 is 1.39 bits per heavy atom. The Balaban J connectivity index is 2.28. The average molecular weight is 464 g/mol. The van der Waals surface area contributed by atoms with Crippen molar-refractivity contribution in [1.82, 2.24) is 0 Å². The van der Waals surface area contributed by atoms with Gasteiger partial charge in [-0.1, -0.05) is 42.5 Å². The number of esters is 4. The van der Waals surface area contributed by atoms with Gasteiger partial charge in [-0.05, 0) is 5.56 Å². The molecule has 10 heteroatoms. The minimum Gasteiger partial charge on any atom is -0.463 e. The third-order valence-electron chi connectivity index (χ3n) is 4.41. The summed E-state index contributed by atoms with van der Waals surface area (Å²) in [5.74, 6) is -2.67. The summed E-state index contributed by atoms with van der Waals surface area (Å²) >= 11 is 0. The summed E-state index contributed by atoms with van der Waals surface area (Å²) in [6.07, 6.45) is -2.41. The number of hydrogen-bond donors (Lipinski definition) is 0. The first kappa shape index (κ1) is 26.0. The van der Waals surface area contributed by atoms with Crippen LogP contribution in [0.1, 0.15) is 33.3 Å². The van der Waals surface area contributed by atoms with Crippen LogP contribution in [0.3, 0.4) is 0 Å². The van der Waals surface area contributed by atoms with Crippen LogP contribution in [0.25, 0.3) is 6.08 Å². The van der Waals surface area contributed by atoms with Gasteiger partial charge < -0.3 is 28.4 Å². The van der Waals surface area contributed by atoms with Gasteiger partial charge in [0.2, 0.25) is 0 Å². The maximum absolute atomic E-state index is 11.8. The maximum Gasteiger partial charge on any atom is 0.303 e. The van der Waals surface area contributed by atoms with E-state index in [0.29, 0.717) is 0 Å². The number of carbonyl (C=O) groups excluding carboxylic acids is 4. The molecular formula is C23H28O10. The van der Waals surface area contributed by atoms with Gasteiger partial charge in [-0.3, -0.25) is 19.2 Å². The third-order valence-corrected chi connectivity index (χ3v) is 4.41. The lowest BCUT2D eigenvalue weighted by molar-refractivity contribution is -0.305. The molecule has 1 aliphatic heterocycles. The molecular weight excluding hydrogens is 436 g/mol. The minimum absolute atomic E-state index is 0.0582. The summed E-state index contributed by atoms with van der Waals surface area (Å²) in [4.78, 5) is 46.6. The predicted molar refractivity (Wildman–Crippen MR) is 113 cm³/mol. The van der Waals surface area contributed by atoms with E-state index in [9.17, 15) is 19.2 Å². The molecule has 10 nitrogen and oxygen atoms in total. The molecule has 0 spiro atoms. The van der Waals surface area contributed by atoms with Crippen molar-refractivity contribution < 1.29 is 47.6 Å². The molecule has 1 aromatic carbocycles. The fourth-order valence-electron chi connectivity index (χ4n) is 3.22. The van der Waals surface area contributed by atoms with Gasteiger partial charge in [0.1, 0.15) is 12.7 Å². The zero-order valence-corrected chi connectivity index (χ0v) is 18.9. The molecule has 1 heterocycles. The highest BCUT2D eigenvalue weighted by molar-refractivity contribution is 5.68. The van der Waals surface area contributed by atoms with Crippen molar-refractivity contribution in [2.24, 2.45) is 0 Å². The second kappa shape index (κ2) is 12.7. The average Bonchev–Trinajstić information content (AvgIpc) is 2.73. The molecule has 0 aromatic heterocycles. The summed E-state index contributed by atoms with van der Waals surface area (Å²) in [5, 5.41) is 0. The summed E-state index contributed by atoms with van der Waals surface area (Å²) < 4.78 is 32.6. The fraction of sp³-hybridized carbons (Fsp3) is 0.478. The van der Waals surface area contributed by atoms with Gasteiger partial charge in [-0.25, -0.2) is 0 Å². The molecule has 1 aliphatic rings. The highest BCUT2D eigenvalue weighted by atomic mass is 16.7. The molecule has 0 amide bonds. The summed E-state index contributed by atoms with van der Waals surface area (Å²) in [5.41, 5.74) is 0.947. The standard InChI is InChI=1S/C23H28O10/c1-14(24)29-13-19-20(30-15(2)25)21(31-16(3)26)22(32-17(4)27)23(33-19)28-12-8-11-18-9-6-5-7-10-18/h5-11,19-23H,12-13H2,1-4H3/b11-8-/t19-,20-,21+,22-,23+/m1/s1. The van der Waals surface area contributed by atoms with Crippen molar-refractivity contribution in [3.05, 3.63) is 42.0 Å². The van der Waals surface area contributed by atoms with Crippen LogP contribution in [0, 0.1) is 0 Å². The highest BCUT2D eigenvalue weighted by Crippen LogP contribution is 2.30. The molecule has 1 aromatic rings. The number of ether oxygens (including phenoxy) is 6. The van der Waals surface area contributed by atoms with Gasteiger partial charge in [0, 0.05) is 27.7 Å². The number of rotatable bonds is 9. The van der Waals surface area contributed by atoms with E-state index in [1.165, 1.54) is 13.8 Å². The second-order valence-electron chi connectivity index (χ2n) is 7.21. The van der Waals surface area contributed by atoms with Gasteiger partial charge in [0.25, 0.3) is 0 Å². The van der Waals surface area contributed by atoms with Crippen LogP contribution in [0.4, 0.5) is 0 Å². The van der Waals surface area contributed by atoms with Crippen molar-refractivity contribution in [1.29, 1.82) is 0 Å². The van der Waals surface area contributed by atoms with E-state index in [1.807, 2.05) is 36.4 Å². The maximum atomic E-state index is 11.8. The first-order valence-electron chi connectivity index (χ1n) is 10.3. The zero-order chi connectivity index (χ0) is 24.4. The monoisotopic (exact) mass is 464 g/mol. The minimum atomic E-state index is -1.26. The van der Waals surface area contributed by atoms with E-state index in [2.05, 4.69) is 0 Å². The van der Waals surface area contributed by atoms with Crippen molar-refractivity contribution in [3.8, 4) is 0 Å². The molecule has 180 valence electrons. The molecule has 0 unspecified atom stereocenters. The van der Waals surface area contributed by atoms with Crippen LogP contribution in [0.5, 0.6) is 0 Å². The Labute approximate surface area is 191 Å². The summed E-state index contributed by atoms with van der Waals surface area (Å²) in [6.45, 7) is 4.44. The molecule has 1 fully saturated rings. The van der Waals surface area contributed by atoms with E-state index in [1.54, 1.807) is 6.08 Å². The second-order valence-corrected chi connectivity index (χ2v) is 7.21. The Morgan fingerprint density at radius 3 is 1.97 bits per heavy atom. The number of benzene rings is 1. The van der Waals surface area contributed by atoms with Crippen LogP contribution in [-0.2, 0) is 47.6 Å². The fourth-order valence-corrected chi connectivity index (χ4v) is 3.22. The van der Waals surface area contributed by atoms with Crippen molar-refractivity contribution in [2.45, 2.75) is 58.4 Å². The molecule has 0 radical (unpaired) electrons. The van der Waals surface area contributed by atoms with Crippen molar-refractivity contribution in [2.75, 3.05) is 13.2 Å². The van der Waals surface area contributed by atoms with Crippen LogP contribution in [-0.4, -0.2) is 67.8 Å². The van der Waals surface area contributed by atoms with Crippen LogP contribution in [0.15, 0.2) is 36.4 Å². The van der Waals surface area contributed by atoms with Gasteiger partial charge in [-0.2, -0.15) is 0 Å². The van der Waals surface area contributed by atoms with E-state index in [4.69, 9.17) is 28.4 Å². The first-order chi connectivity index (χ1) is 15.7. The molecule has 0 saturated carbocycles. The molecule has 33 heavy (non-hydrogen) atoms. The van der Waals surface area contributed by atoms with Gasteiger partial charge in [0.15, 0.2) is 24.6 Å². The Morgan fingerprint density at radius 1 is 0.818 bits per heavy atom. The normalized spacial score (nSPS) is 24.7. The molecule has 1 saturated heterocycles. The summed E-state index contributed by atoms with van der Waals surface area (Å²) in [6, 6.07) is 9.49. The molecule has 0 N–H and O–H groups in total. The summed E-state index contributed by atoms with van der Waals surface area (Å²) in [7, 11) is 0. The van der Waals surface area contributed by atoms with Gasteiger partial charge >= 0.3 is 23.9 Å². The molecule has 0 bridgehead atoms. The van der Waals surface area contributed by atoms with Gasteiger partial charge in [0.05, 0.1) is 6.61 Å². The SMILES string of the molecule is CC(=O)OC[C@H]1O[C@H](OC/C=C\c2ccccc2)[C@H](OC(C)=O)[C@@H](OC(C)=O)[C@@H]1OC(C)=O. The van der Waals surface area contributed by atoms with Gasteiger partial charge in [-0.15, -0.1) is 0 Å². The third kappa shape index (κ3) is 8.66. The van der Waals surface area contributed by atoms with E-state index >= 15 is 0 Å². The van der Waals surface area contributed by atoms with Crippen LogP contribution in [0.2, 0.25) is 0 Å². The number of carbonyl (C=O) groups is 4. The predicted octanol–water partition coefficient (Wildman–Crippen LogP) is 1.80. The smallest absolute Gasteiger partial charge is 0.303 e. The Kier molecular flexibility index (Phi) is 10.0. The quantitative estimate of drug-likeness (QED) is 0.395. The molecule has 2 rings (SSSR count). The Hall–Kier alpha value is -3.24.